The van der Waals surface area contributed by atoms with Crippen molar-refractivity contribution in [2.45, 2.75) is 57.9 Å². The van der Waals surface area contributed by atoms with Crippen LogP contribution in [-0.4, -0.2) is 42.1 Å². The third-order valence-corrected chi connectivity index (χ3v) is 7.34. The van der Waals surface area contributed by atoms with Gasteiger partial charge in [0.25, 0.3) is 0 Å². The van der Waals surface area contributed by atoms with Crippen LogP contribution >= 0.6 is 0 Å². The van der Waals surface area contributed by atoms with E-state index in [-0.39, 0.29) is 11.3 Å². The number of piperidine rings is 1. The zero-order chi connectivity index (χ0) is 21.7. The zero-order valence-electron chi connectivity index (χ0n) is 18.8. The number of amides is 1. The summed E-state index contributed by atoms with van der Waals surface area (Å²) >= 11 is 0. The van der Waals surface area contributed by atoms with Gasteiger partial charge in [0, 0.05) is 24.4 Å². The normalized spacial score (nSPS) is 24.5. The van der Waals surface area contributed by atoms with Crippen molar-refractivity contribution in [1.29, 1.82) is 0 Å². The molecule has 2 aromatic carbocycles. The summed E-state index contributed by atoms with van der Waals surface area (Å²) in [7, 11) is 2.19. The van der Waals surface area contributed by atoms with E-state index < -0.39 is 0 Å². The second-order valence-corrected chi connectivity index (χ2v) is 9.00. The summed E-state index contributed by atoms with van der Waals surface area (Å²) in [6.07, 6.45) is 3.19. The molecule has 4 nitrogen and oxygen atoms in total. The van der Waals surface area contributed by atoms with Gasteiger partial charge in [-0.15, -0.1) is 0 Å². The first kappa shape index (κ1) is 22.4. The highest BCUT2D eigenvalue weighted by molar-refractivity contribution is 5.76. The van der Waals surface area contributed by atoms with E-state index in [1.54, 1.807) is 6.07 Å². The summed E-state index contributed by atoms with van der Waals surface area (Å²) in [4.78, 5) is 14.9. The number of carbonyl (C=O) groups is 1. The average Bonchev–Trinajstić information content (AvgIpc) is 2.75. The predicted octanol–water partition coefficient (Wildman–Crippen LogP) is 4.44. The number of phenolic OH excluding ortho intramolecular Hbond substituents is 1. The molecule has 30 heavy (non-hydrogen) atoms. The predicted molar refractivity (Wildman–Crippen MR) is 123 cm³/mol. The first-order valence-electron chi connectivity index (χ1n) is 11.1. The minimum Gasteiger partial charge on any atom is -0.508 e. The molecule has 3 atom stereocenters. The van der Waals surface area contributed by atoms with Crippen LogP contribution in [0.2, 0.25) is 0 Å². The lowest BCUT2D eigenvalue weighted by Crippen LogP contribution is -2.54. The molecular formula is C26H36N2O2. The van der Waals surface area contributed by atoms with Crippen LogP contribution in [0.25, 0.3) is 0 Å². The van der Waals surface area contributed by atoms with Gasteiger partial charge in [-0.1, -0.05) is 43.3 Å². The van der Waals surface area contributed by atoms with Crippen molar-refractivity contribution in [2.75, 3.05) is 20.1 Å². The highest BCUT2D eigenvalue weighted by Gasteiger charge is 2.45. The van der Waals surface area contributed by atoms with Crippen LogP contribution < -0.4 is 5.32 Å². The van der Waals surface area contributed by atoms with Gasteiger partial charge in [-0.3, -0.25) is 4.79 Å². The molecule has 4 heteroatoms. The van der Waals surface area contributed by atoms with Crippen LogP contribution in [0.3, 0.4) is 0 Å². The molecule has 1 aliphatic rings. The second kappa shape index (κ2) is 9.65. The quantitative estimate of drug-likeness (QED) is 0.712. The van der Waals surface area contributed by atoms with Gasteiger partial charge in [-0.25, -0.2) is 0 Å². The molecule has 0 radical (unpaired) electrons. The number of likely N-dealkylation sites (tertiary alicyclic amines) is 1. The molecule has 1 saturated heterocycles. The van der Waals surface area contributed by atoms with Crippen LogP contribution in [-0.2, 0) is 16.6 Å². The van der Waals surface area contributed by atoms with Gasteiger partial charge >= 0.3 is 0 Å². The molecular weight excluding hydrogens is 372 g/mol. The maximum absolute atomic E-state index is 12.5. The highest BCUT2D eigenvalue weighted by atomic mass is 16.3. The SMILES string of the molecule is Cc1ccc(O)cc1C1(CCNC(=O)CCc2ccccc2)CCN(C)C(C)[C@@H]1C. The van der Waals surface area contributed by atoms with Crippen molar-refractivity contribution in [2.24, 2.45) is 5.92 Å². The molecule has 1 aliphatic heterocycles. The maximum atomic E-state index is 12.5. The molecule has 0 bridgehead atoms. The topological polar surface area (TPSA) is 52.6 Å². The first-order chi connectivity index (χ1) is 14.3. The van der Waals surface area contributed by atoms with Crippen LogP contribution in [0.5, 0.6) is 5.75 Å². The number of rotatable bonds is 7. The lowest BCUT2D eigenvalue weighted by Gasteiger charge is -2.51. The summed E-state index contributed by atoms with van der Waals surface area (Å²) in [6, 6.07) is 16.3. The summed E-state index contributed by atoms with van der Waals surface area (Å²) < 4.78 is 0. The third kappa shape index (κ3) is 4.86. The Morgan fingerprint density at radius 3 is 2.67 bits per heavy atom. The Bertz CT molecular complexity index is 851. The summed E-state index contributed by atoms with van der Waals surface area (Å²) in [6.45, 7) is 8.41. The van der Waals surface area contributed by atoms with Crippen molar-refractivity contribution in [3.63, 3.8) is 0 Å². The largest absolute Gasteiger partial charge is 0.508 e. The van der Waals surface area contributed by atoms with Gasteiger partial charge in [-0.2, -0.15) is 0 Å². The van der Waals surface area contributed by atoms with E-state index in [0.29, 0.717) is 30.7 Å². The van der Waals surface area contributed by atoms with Crippen LogP contribution in [0.1, 0.15) is 49.8 Å². The van der Waals surface area contributed by atoms with E-state index in [1.165, 1.54) is 16.7 Å². The smallest absolute Gasteiger partial charge is 0.220 e. The average molecular weight is 409 g/mol. The Labute approximate surface area is 181 Å². The molecule has 0 saturated carbocycles. The number of aryl methyl sites for hydroxylation is 2. The van der Waals surface area contributed by atoms with Crippen molar-refractivity contribution < 1.29 is 9.90 Å². The molecule has 0 aromatic heterocycles. The summed E-state index contributed by atoms with van der Waals surface area (Å²) in [5.41, 5.74) is 3.58. The summed E-state index contributed by atoms with van der Waals surface area (Å²) in [5, 5.41) is 13.4. The number of nitrogens with one attached hydrogen (secondary N) is 1. The van der Waals surface area contributed by atoms with Gasteiger partial charge in [0.05, 0.1) is 0 Å². The molecule has 2 N–H and O–H groups in total. The number of aromatic hydroxyl groups is 1. The minimum absolute atomic E-state index is 0.0541. The van der Waals surface area contributed by atoms with Gasteiger partial charge in [0.15, 0.2) is 0 Å². The van der Waals surface area contributed by atoms with E-state index in [0.717, 1.165) is 25.8 Å². The zero-order valence-corrected chi connectivity index (χ0v) is 18.8. The fourth-order valence-corrected chi connectivity index (χ4v) is 5.08. The molecule has 162 valence electrons. The molecule has 1 heterocycles. The van der Waals surface area contributed by atoms with Crippen molar-refractivity contribution in [3.8, 4) is 5.75 Å². The molecule has 1 amide bonds. The van der Waals surface area contributed by atoms with Crippen molar-refractivity contribution >= 4 is 5.91 Å². The standard InChI is InChI=1S/C26H36N2O2/c1-19-10-12-23(29)18-24(19)26(15-17-28(4)21(3)20(26)2)14-16-27-25(30)13-11-22-8-6-5-7-9-22/h5-10,12,18,20-21,29H,11,13-17H2,1-4H3,(H,27,30)/t20-,21?,26?/m0/s1. The van der Waals surface area contributed by atoms with Crippen molar-refractivity contribution in [3.05, 3.63) is 65.2 Å². The highest BCUT2D eigenvalue weighted by Crippen LogP contribution is 2.46. The van der Waals surface area contributed by atoms with E-state index >= 15 is 0 Å². The lowest BCUT2D eigenvalue weighted by atomic mass is 9.61. The number of hydrogen-bond acceptors (Lipinski definition) is 3. The Balaban J connectivity index is 1.70. The molecule has 2 unspecified atom stereocenters. The van der Waals surface area contributed by atoms with E-state index in [1.807, 2.05) is 30.3 Å². The van der Waals surface area contributed by atoms with Crippen LogP contribution in [0.15, 0.2) is 48.5 Å². The van der Waals surface area contributed by atoms with Gasteiger partial charge in [0.2, 0.25) is 5.91 Å². The van der Waals surface area contributed by atoms with Gasteiger partial charge in [-0.05, 0) is 81.4 Å². The number of benzene rings is 2. The first-order valence-corrected chi connectivity index (χ1v) is 11.1. The molecule has 2 aromatic rings. The summed E-state index contributed by atoms with van der Waals surface area (Å²) in [5.74, 6) is 0.842. The van der Waals surface area contributed by atoms with Crippen LogP contribution in [0, 0.1) is 12.8 Å². The molecule has 1 fully saturated rings. The van der Waals surface area contributed by atoms with E-state index in [2.05, 4.69) is 50.2 Å². The fraction of sp³-hybridized carbons (Fsp3) is 0.500. The number of nitrogens with zero attached hydrogens (tertiary/aromatic N) is 1. The Kier molecular flexibility index (Phi) is 7.19. The number of phenols is 1. The van der Waals surface area contributed by atoms with Crippen molar-refractivity contribution in [1.82, 2.24) is 10.2 Å². The van der Waals surface area contributed by atoms with Gasteiger partial charge < -0.3 is 15.3 Å². The molecule has 3 rings (SSSR count). The molecule has 0 aliphatic carbocycles. The third-order valence-electron chi connectivity index (χ3n) is 7.34. The minimum atomic E-state index is -0.0541. The number of carbonyl (C=O) groups excluding carboxylic acids is 1. The Morgan fingerprint density at radius 1 is 1.20 bits per heavy atom. The van der Waals surface area contributed by atoms with Gasteiger partial charge in [0.1, 0.15) is 5.75 Å². The second-order valence-electron chi connectivity index (χ2n) is 9.00. The van der Waals surface area contributed by atoms with Crippen LogP contribution in [0.4, 0.5) is 0 Å². The number of hydrogen-bond donors (Lipinski definition) is 2. The molecule has 0 spiro atoms. The van der Waals surface area contributed by atoms with E-state index in [4.69, 9.17) is 0 Å². The fourth-order valence-electron chi connectivity index (χ4n) is 5.08. The monoisotopic (exact) mass is 408 g/mol. The Morgan fingerprint density at radius 2 is 1.93 bits per heavy atom. The lowest BCUT2D eigenvalue weighted by molar-refractivity contribution is -0.121. The maximum Gasteiger partial charge on any atom is 0.220 e. The van der Waals surface area contributed by atoms with E-state index in [9.17, 15) is 9.90 Å². The Hall–Kier alpha value is -2.33.